The second kappa shape index (κ2) is 12.0. The zero-order valence-corrected chi connectivity index (χ0v) is 21.3. The van der Waals surface area contributed by atoms with Crippen molar-refractivity contribution in [2.24, 2.45) is 35.3 Å². The molecule has 6 atom stereocenters. The first kappa shape index (κ1) is 24.3. The van der Waals surface area contributed by atoms with E-state index in [0.29, 0.717) is 6.04 Å². The number of hydrogen-bond acceptors (Lipinski definition) is 1. The first-order valence-electron chi connectivity index (χ1n) is 14.3. The van der Waals surface area contributed by atoms with Crippen LogP contribution in [0.1, 0.15) is 123 Å². The first-order valence-corrected chi connectivity index (χ1v) is 14.3. The van der Waals surface area contributed by atoms with E-state index in [9.17, 15) is 0 Å². The minimum absolute atomic E-state index is 0.395. The van der Waals surface area contributed by atoms with Gasteiger partial charge >= 0.3 is 0 Å². The van der Waals surface area contributed by atoms with Gasteiger partial charge < -0.3 is 5.73 Å². The lowest BCUT2D eigenvalue weighted by molar-refractivity contribution is 0.239. The van der Waals surface area contributed by atoms with Crippen LogP contribution in [0.15, 0.2) is 34.9 Å². The summed E-state index contributed by atoms with van der Waals surface area (Å²) in [7, 11) is 0. The van der Waals surface area contributed by atoms with Gasteiger partial charge in [0.2, 0.25) is 0 Å². The van der Waals surface area contributed by atoms with E-state index in [1.807, 2.05) is 0 Å². The molecule has 0 aromatic heterocycles. The van der Waals surface area contributed by atoms with Crippen molar-refractivity contribution >= 4 is 0 Å². The number of hydrogen-bond donors (Lipinski definition) is 1. The highest BCUT2D eigenvalue weighted by Crippen LogP contribution is 2.39. The van der Waals surface area contributed by atoms with Crippen LogP contribution < -0.4 is 5.73 Å². The molecule has 6 unspecified atom stereocenters. The van der Waals surface area contributed by atoms with Gasteiger partial charge in [-0.1, -0.05) is 61.1 Å². The third kappa shape index (κ3) is 7.61. The molecule has 0 saturated heterocycles. The number of rotatable bonds is 10. The molecule has 0 spiro atoms. The average Bonchev–Trinajstić information content (AvgIpc) is 2.74. The van der Waals surface area contributed by atoms with Crippen molar-refractivity contribution in [2.45, 2.75) is 129 Å². The van der Waals surface area contributed by atoms with E-state index in [2.05, 4.69) is 32.1 Å². The highest BCUT2D eigenvalue weighted by atomic mass is 14.6. The Labute approximate surface area is 199 Å². The van der Waals surface area contributed by atoms with Crippen LogP contribution in [0.2, 0.25) is 0 Å². The summed E-state index contributed by atoms with van der Waals surface area (Å²) in [6.07, 6.45) is 30.9. The first-order chi connectivity index (χ1) is 15.5. The molecular formula is C31H51N. The number of allylic oxidation sites excluding steroid dienone is 5. The molecule has 0 aromatic rings. The maximum atomic E-state index is 6.69. The summed E-state index contributed by atoms with van der Waals surface area (Å²) in [5.41, 5.74) is 11.7. The average molecular weight is 438 g/mol. The molecule has 0 radical (unpaired) electrons. The Morgan fingerprint density at radius 3 is 2.16 bits per heavy atom. The summed E-state index contributed by atoms with van der Waals surface area (Å²) < 4.78 is 0. The summed E-state index contributed by atoms with van der Waals surface area (Å²) in [6.45, 7) is 4.82. The number of nitrogens with two attached hydrogens (primary N) is 1. The van der Waals surface area contributed by atoms with E-state index < -0.39 is 0 Å². The fourth-order valence-electron chi connectivity index (χ4n) is 7.36. The largest absolute Gasteiger partial charge is 0.327 e. The van der Waals surface area contributed by atoms with Crippen LogP contribution in [0.25, 0.3) is 0 Å². The van der Waals surface area contributed by atoms with Gasteiger partial charge in [0, 0.05) is 6.04 Å². The molecule has 4 aliphatic rings. The van der Waals surface area contributed by atoms with Crippen molar-refractivity contribution in [1.29, 1.82) is 0 Å². The predicted molar refractivity (Wildman–Crippen MR) is 140 cm³/mol. The van der Waals surface area contributed by atoms with Gasteiger partial charge in [-0.15, -0.1) is 0 Å². The Morgan fingerprint density at radius 2 is 1.53 bits per heavy atom. The van der Waals surface area contributed by atoms with E-state index in [-0.39, 0.29) is 0 Å². The molecule has 1 fully saturated rings. The lowest BCUT2D eigenvalue weighted by Gasteiger charge is -2.33. The predicted octanol–water partition coefficient (Wildman–Crippen LogP) is 8.90. The second-order valence-electron chi connectivity index (χ2n) is 12.5. The van der Waals surface area contributed by atoms with Gasteiger partial charge in [-0.05, 0) is 126 Å². The van der Waals surface area contributed by atoms with E-state index in [0.717, 1.165) is 29.6 Å². The van der Waals surface area contributed by atoms with Crippen LogP contribution in [0, 0.1) is 29.6 Å². The van der Waals surface area contributed by atoms with Crippen LogP contribution in [0.3, 0.4) is 0 Å². The molecule has 0 bridgehead atoms. The fourth-order valence-corrected chi connectivity index (χ4v) is 7.36. The molecule has 1 heteroatoms. The van der Waals surface area contributed by atoms with Gasteiger partial charge in [0.25, 0.3) is 0 Å². The van der Waals surface area contributed by atoms with E-state index in [4.69, 9.17) is 5.73 Å². The lowest BCUT2D eigenvalue weighted by Crippen LogP contribution is -2.28. The summed E-state index contributed by atoms with van der Waals surface area (Å²) in [5.74, 6) is 4.61. The highest BCUT2D eigenvalue weighted by molar-refractivity contribution is 5.13. The Balaban J connectivity index is 1.13. The zero-order chi connectivity index (χ0) is 22.3. The van der Waals surface area contributed by atoms with Crippen molar-refractivity contribution in [3.05, 3.63) is 34.9 Å². The summed E-state index contributed by atoms with van der Waals surface area (Å²) in [6, 6.07) is 0.395. The van der Waals surface area contributed by atoms with Gasteiger partial charge in [0.05, 0.1) is 0 Å². The van der Waals surface area contributed by atoms with Crippen LogP contribution in [0.5, 0.6) is 0 Å². The second-order valence-corrected chi connectivity index (χ2v) is 12.5. The fraction of sp³-hybridized carbons (Fsp3) is 0.806. The SMILES string of the molecule is CC1=CCC(CC(C)CC2CC=C(CC(N)CC3CCCC(CC4=CCC4)C3)CC2)CC1. The van der Waals surface area contributed by atoms with Gasteiger partial charge in [0.15, 0.2) is 0 Å². The summed E-state index contributed by atoms with van der Waals surface area (Å²) in [4.78, 5) is 0. The van der Waals surface area contributed by atoms with E-state index in [1.54, 1.807) is 16.7 Å². The van der Waals surface area contributed by atoms with Crippen LogP contribution in [-0.4, -0.2) is 6.04 Å². The minimum atomic E-state index is 0.395. The maximum absolute atomic E-state index is 6.69. The molecule has 32 heavy (non-hydrogen) atoms. The molecule has 4 aliphatic carbocycles. The Bertz CT molecular complexity index is 683. The van der Waals surface area contributed by atoms with Crippen LogP contribution in [0.4, 0.5) is 0 Å². The van der Waals surface area contributed by atoms with E-state index in [1.165, 1.54) is 109 Å². The van der Waals surface area contributed by atoms with Crippen LogP contribution in [-0.2, 0) is 0 Å². The van der Waals surface area contributed by atoms with Gasteiger partial charge in [0.1, 0.15) is 0 Å². The molecule has 0 aliphatic heterocycles. The Morgan fingerprint density at radius 1 is 0.812 bits per heavy atom. The minimum Gasteiger partial charge on any atom is -0.327 e. The molecular weight excluding hydrogens is 386 g/mol. The molecule has 1 saturated carbocycles. The van der Waals surface area contributed by atoms with Crippen molar-refractivity contribution in [2.75, 3.05) is 0 Å². The Hall–Kier alpha value is -0.820. The quantitative estimate of drug-likeness (QED) is 0.339. The summed E-state index contributed by atoms with van der Waals surface area (Å²) >= 11 is 0. The molecule has 0 amide bonds. The third-order valence-electron chi connectivity index (χ3n) is 9.33. The third-order valence-corrected chi connectivity index (χ3v) is 9.33. The molecule has 0 aromatic carbocycles. The van der Waals surface area contributed by atoms with Gasteiger partial charge in [-0.25, -0.2) is 0 Å². The van der Waals surface area contributed by atoms with Crippen molar-refractivity contribution in [1.82, 2.24) is 0 Å². The standard InChI is InChI=1S/C31H51N/c1-23-9-11-26(12-10-23)17-24(2)18-27-13-15-28(16-14-27)21-31(32)22-30-8-4-7-29(20-30)19-25-5-3-6-25/h5,9,15,24,26-27,29-31H,3-4,6-8,10-14,16-22,32H2,1-2H3. The van der Waals surface area contributed by atoms with Crippen molar-refractivity contribution in [3.8, 4) is 0 Å². The molecule has 0 heterocycles. The van der Waals surface area contributed by atoms with Crippen LogP contribution >= 0.6 is 0 Å². The van der Waals surface area contributed by atoms with E-state index >= 15 is 0 Å². The molecule has 180 valence electrons. The zero-order valence-electron chi connectivity index (χ0n) is 21.3. The van der Waals surface area contributed by atoms with Gasteiger partial charge in [-0.2, -0.15) is 0 Å². The summed E-state index contributed by atoms with van der Waals surface area (Å²) in [5, 5.41) is 0. The van der Waals surface area contributed by atoms with Crippen molar-refractivity contribution < 1.29 is 0 Å². The Kier molecular flexibility index (Phi) is 9.15. The van der Waals surface area contributed by atoms with Crippen molar-refractivity contribution in [3.63, 3.8) is 0 Å². The smallest absolute Gasteiger partial charge is 0.00787 e. The topological polar surface area (TPSA) is 26.0 Å². The maximum Gasteiger partial charge on any atom is 0.00787 e. The molecule has 2 N–H and O–H groups in total. The molecule has 4 rings (SSSR count). The highest BCUT2D eigenvalue weighted by Gasteiger charge is 2.26. The molecule has 1 nitrogen and oxygen atoms in total. The van der Waals surface area contributed by atoms with Gasteiger partial charge in [-0.3, -0.25) is 0 Å². The normalized spacial score (nSPS) is 32.9. The lowest BCUT2D eigenvalue weighted by atomic mass is 9.74. The monoisotopic (exact) mass is 437 g/mol.